The lowest BCUT2D eigenvalue weighted by molar-refractivity contribution is 0.0600. The molecule has 0 atom stereocenters. The number of benzene rings is 3. The first-order valence-electron chi connectivity index (χ1n) is 8.13. The van der Waals surface area contributed by atoms with Crippen LogP contribution in [0.2, 0.25) is 0 Å². The van der Waals surface area contributed by atoms with Crippen molar-refractivity contribution in [1.82, 2.24) is 0 Å². The number of carbonyl (C=O) groups excluding carboxylic acids is 1. The summed E-state index contributed by atoms with van der Waals surface area (Å²) >= 11 is 0. The van der Waals surface area contributed by atoms with Crippen LogP contribution in [-0.2, 0) is 11.2 Å². The van der Waals surface area contributed by atoms with Gasteiger partial charge in [-0.1, -0.05) is 60.7 Å². The maximum Gasteiger partial charge on any atom is 0.337 e. The Kier molecular flexibility index (Phi) is 3.66. The lowest BCUT2D eigenvalue weighted by atomic mass is 9.90. The van der Waals surface area contributed by atoms with Gasteiger partial charge in [0.05, 0.1) is 12.7 Å². The molecule has 24 heavy (non-hydrogen) atoms. The SMILES string of the molecule is COC(=O)c1ccc(CC2c3ccccc3-c3ccccc32)cc1. The Morgan fingerprint density at radius 1 is 0.833 bits per heavy atom. The summed E-state index contributed by atoms with van der Waals surface area (Å²) in [5, 5.41) is 0. The van der Waals surface area contributed by atoms with Crippen LogP contribution in [0.15, 0.2) is 72.8 Å². The van der Waals surface area contributed by atoms with Gasteiger partial charge < -0.3 is 4.74 Å². The summed E-state index contributed by atoms with van der Waals surface area (Å²) in [4.78, 5) is 11.6. The number of hydrogen-bond acceptors (Lipinski definition) is 2. The van der Waals surface area contributed by atoms with Gasteiger partial charge in [0, 0.05) is 5.92 Å². The Hall–Kier alpha value is -2.87. The van der Waals surface area contributed by atoms with E-state index in [9.17, 15) is 4.79 Å². The van der Waals surface area contributed by atoms with Gasteiger partial charge in [-0.25, -0.2) is 4.79 Å². The minimum atomic E-state index is -0.293. The predicted octanol–water partition coefficient (Wildman–Crippen LogP) is 4.83. The van der Waals surface area contributed by atoms with E-state index in [0.29, 0.717) is 11.5 Å². The third-order valence-corrected chi connectivity index (χ3v) is 4.78. The van der Waals surface area contributed by atoms with Crippen molar-refractivity contribution >= 4 is 5.97 Å². The van der Waals surface area contributed by atoms with Crippen LogP contribution in [-0.4, -0.2) is 13.1 Å². The quantitative estimate of drug-likeness (QED) is 0.647. The Morgan fingerprint density at radius 3 is 1.92 bits per heavy atom. The molecule has 0 saturated carbocycles. The Morgan fingerprint density at radius 2 is 1.38 bits per heavy atom. The van der Waals surface area contributed by atoms with Gasteiger partial charge in [0.25, 0.3) is 0 Å². The zero-order valence-electron chi connectivity index (χ0n) is 13.5. The molecule has 0 amide bonds. The van der Waals surface area contributed by atoms with Crippen molar-refractivity contribution in [2.45, 2.75) is 12.3 Å². The van der Waals surface area contributed by atoms with Gasteiger partial charge in [-0.3, -0.25) is 0 Å². The van der Waals surface area contributed by atoms with Gasteiger partial charge in [0.15, 0.2) is 0 Å². The van der Waals surface area contributed by atoms with Gasteiger partial charge in [-0.15, -0.1) is 0 Å². The van der Waals surface area contributed by atoms with Crippen LogP contribution in [0.5, 0.6) is 0 Å². The molecule has 118 valence electrons. The van der Waals surface area contributed by atoms with Gasteiger partial charge >= 0.3 is 5.97 Å². The van der Waals surface area contributed by atoms with Gasteiger partial charge in [-0.2, -0.15) is 0 Å². The van der Waals surface area contributed by atoms with Crippen molar-refractivity contribution < 1.29 is 9.53 Å². The second kappa shape index (κ2) is 5.97. The summed E-state index contributed by atoms with van der Waals surface area (Å²) in [7, 11) is 1.41. The predicted molar refractivity (Wildman–Crippen MR) is 95.2 cm³/mol. The Labute approximate surface area is 141 Å². The molecule has 1 aliphatic carbocycles. The highest BCUT2D eigenvalue weighted by molar-refractivity contribution is 5.89. The molecule has 0 saturated heterocycles. The number of fused-ring (bicyclic) bond motifs is 3. The largest absolute Gasteiger partial charge is 0.465 e. The number of hydrogen-bond donors (Lipinski definition) is 0. The molecule has 0 fully saturated rings. The summed E-state index contributed by atoms with van der Waals surface area (Å²) in [5.41, 5.74) is 7.26. The molecule has 0 aliphatic heterocycles. The number of ether oxygens (including phenoxy) is 1. The molecule has 0 spiro atoms. The third kappa shape index (κ3) is 2.41. The monoisotopic (exact) mass is 314 g/mol. The minimum absolute atomic E-state index is 0.293. The summed E-state index contributed by atoms with van der Waals surface area (Å²) in [5.74, 6) is 0.0690. The van der Waals surface area contributed by atoms with Crippen LogP contribution < -0.4 is 0 Å². The van der Waals surface area contributed by atoms with E-state index in [1.165, 1.54) is 34.9 Å². The highest BCUT2D eigenvalue weighted by atomic mass is 16.5. The van der Waals surface area contributed by atoms with Crippen LogP contribution in [0, 0.1) is 0 Å². The maximum absolute atomic E-state index is 11.6. The maximum atomic E-state index is 11.6. The van der Waals surface area contributed by atoms with E-state index >= 15 is 0 Å². The summed E-state index contributed by atoms with van der Waals surface area (Å²) in [6.45, 7) is 0. The molecule has 0 heterocycles. The normalized spacial score (nSPS) is 12.5. The topological polar surface area (TPSA) is 26.3 Å². The van der Waals surface area contributed by atoms with Gasteiger partial charge in [0.2, 0.25) is 0 Å². The standard InChI is InChI=1S/C22H18O2/c1-24-22(23)16-12-10-15(11-13-16)14-21-19-8-4-2-6-17(19)18-7-3-5-9-20(18)21/h2-13,21H,14H2,1H3. The molecule has 3 aromatic carbocycles. The van der Waals surface area contributed by atoms with E-state index in [2.05, 4.69) is 48.5 Å². The highest BCUT2D eigenvalue weighted by Crippen LogP contribution is 2.45. The third-order valence-electron chi connectivity index (χ3n) is 4.78. The molecule has 1 aliphatic rings. The van der Waals surface area contributed by atoms with Crippen molar-refractivity contribution in [3.05, 3.63) is 95.1 Å². The van der Waals surface area contributed by atoms with Crippen LogP contribution in [0.4, 0.5) is 0 Å². The summed E-state index contributed by atoms with van der Waals surface area (Å²) in [6.07, 6.45) is 0.926. The Balaban J connectivity index is 1.68. The van der Waals surface area contributed by atoms with E-state index in [-0.39, 0.29) is 5.97 Å². The van der Waals surface area contributed by atoms with E-state index in [1.54, 1.807) is 0 Å². The molecule has 2 heteroatoms. The van der Waals surface area contributed by atoms with Crippen molar-refractivity contribution in [1.29, 1.82) is 0 Å². The number of rotatable bonds is 3. The molecule has 3 aromatic rings. The van der Waals surface area contributed by atoms with E-state index in [4.69, 9.17) is 4.74 Å². The fourth-order valence-electron chi connectivity index (χ4n) is 3.61. The molecular weight excluding hydrogens is 296 g/mol. The average molecular weight is 314 g/mol. The lowest BCUT2D eigenvalue weighted by Crippen LogP contribution is -2.03. The highest BCUT2D eigenvalue weighted by Gasteiger charge is 2.27. The molecule has 2 nitrogen and oxygen atoms in total. The van der Waals surface area contributed by atoms with Crippen molar-refractivity contribution in [2.24, 2.45) is 0 Å². The first-order valence-corrected chi connectivity index (χ1v) is 8.13. The van der Waals surface area contributed by atoms with E-state index < -0.39 is 0 Å². The molecule has 0 aromatic heterocycles. The Bertz CT molecular complexity index is 848. The smallest absolute Gasteiger partial charge is 0.337 e. The van der Waals surface area contributed by atoms with Gasteiger partial charge in [0.1, 0.15) is 0 Å². The molecule has 0 unspecified atom stereocenters. The second-order valence-electron chi connectivity index (χ2n) is 6.12. The van der Waals surface area contributed by atoms with E-state index in [1.807, 2.05) is 24.3 Å². The number of esters is 1. The number of methoxy groups -OCH3 is 1. The molecule has 0 bridgehead atoms. The van der Waals surface area contributed by atoms with Crippen LogP contribution in [0.3, 0.4) is 0 Å². The van der Waals surface area contributed by atoms with Crippen LogP contribution >= 0.6 is 0 Å². The first kappa shape index (κ1) is 14.7. The fraction of sp³-hybridized carbons (Fsp3) is 0.136. The lowest BCUT2D eigenvalue weighted by Gasteiger charge is -2.14. The molecule has 0 radical (unpaired) electrons. The van der Waals surface area contributed by atoms with Crippen molar-refractivity contribution in [2.75, 3.05) is 7.11 Å². The zero-order valence-corrected chi connectivity index (χ0v) is 13.5. The first-order chi connectivity index (χ1) is 11.8. The molecule has 4 rings (SSSR count). The average Bonchev–Trinajstić information content (AvgIpc) is 2.96. The number of carbonyl (C=O) groups is 1. The minimum Gasteiger partial charge on any atom is -0.465 e. The van der Waals surface area contributed by atoms with Crippen molar-refractivity contribution in [3.63, 3.8) is 0 Å². The summed E-state index contributed by atoms with van der Waals surface area (Å²) < 4.78 is 4.76. The molecule has 0 N–H and O–H groups in total. The van der Waals surface area contributed by atoms with Gasteiger partial charge in [-0.05, 0) is 46.4 Å². The molecular formula is C22H18O2. The second-order valence-corrected chi connectivity index (χ2v) is 6.12. The van der Waals surface area contributed by atoms with Crippen molar-refractivity contribution in [3.8, 4) is 11.1 Å². The van der Waals surface area contributed by atoms with E-state index in [0.717, 1.165) is 6.42 Å². The van der Waals surface area contributed by atoms with Crippen LogP contribution in [0.1, 0.15) is 33.0 Å². The fourth-order valence-corrected chi connectivity index (χ4v) is 3.61. The summed E-state index contributed by atoms with van der Waals surface area (Å²) in [6, 6.07) is 25.0. The zero-order chi connectivity index (χ0) is 16.5. The van der Waals surface area contributed by atoms with Crippen LogP contribution in [0.25, 0.3) is 11.1 Å².